The van der Waals surface area contributed by atoms with Gasteiger partial charge in [0.15, 0.2) is 0 Å². The number of hydrogen-bond acceptors (Lipinski definition) is 3. The predicted molar refractivity (Wildman–Crippen MR) is 84.3 cm³/mol. The van der Waals surface area contributed by atoms with Gasteiger partial charge in [0.1, 0.15) is 0 Å². The van der Waals surface area contributed by atoms with E-state index in [4.69, 9.17) is 5.73 Å². The summed E-state index contributed by atoms with van der Waals surface area (Å²) < 4.78 is 0. The van der Waals surface area contributed by atoms with Gasteiger partial charge >= 0.3 is 0 Å². The summed E-state index contributed by atoms with van der Waals surface area (Å²) in [4.78, 5) is 23.5. The molecule has 0 saturated heterocycles. The lowest BCUT2D eigenvalue weighted by atomic mass is 10.0. The van der Waals surface area contributed by atoms with Crippen molar-refractivity contribution in [3.05, 3.63) is 65.2 Å². The molecule has 0 bridgehead atoms. The quantitative estimate of drug-likeness (QED) is 0.789. The number of carbonyl (C=O) groups excluding carboxylic acids is 2. The number of carbonyl (C=O) groups is 2. The summed E-state index contributed by atoms with van der Waals surface area (Å²) in [5, 5.41) is 12.7. The second-order valence-electron chi connectivity index (χ2n) is 5.04. The first-order valence-electron chi connectivity index (χ1n) is 6.91. The molecule has 0 fully saturated rings. The van der Waals surface area contributed by atoms with Crippen molar-refractivity contribution in [1.29, 1.82) is 0 Å². The second kappa shape index (κ2) is 6.87. The van der Waals surface area contributed by atoms with Gasteiger partial charge in [-0.2, -0.15) is 0 Å². The van der Waals surface area contributed by atoms with Crippen LogP contribution in [0.1, 0.15) is 34.0 Å². The number of hydrogen-bond donors (Lipinski definition) is 3. The van der Waals surface area contributed by atoms with E-state index in [1.54, 1.807) is 49.4 Å². The van der Waals surface area contributed by atoms with Crippen LogP contribution >= 0.6 is 0 Å². The van der Waals surface area contributed by atoms with Crippen LogP contribution < -0.4 is 11.1 Å². The van der Waals surface area contributed by atoms with Crippen LogP contribution in [0.5, 0.6) is 0 Å². The van der Waals surface area contributed by atoms with Gasteiger partial charge in [0.2, 0.25) is 5.91 Å². The minimum absolute atomic E-state index is 0.101. The Morgan fingerprint density at radius 3 is 2.45 bits per heavy atom. The van der Waals surface area contributed by atoms with Gasteiger partial charge in [-0.15, -0.1) is 0 Å². The highest BCUT2D eigenvalue weighted by molar-refractivity contribution is 6.04. The van der Waals surface area contributed by atoms with Gasteiger partial charge in [-0.3, -0.25) is 9.59 Å². The van der Waals surface area contributed by atoms with Crippen LogP contribution in [0.2, 0.25) is 0 Å². The van der Waals surface area contributed by atoms with E-state index in [0.717, 1.165) is 0 Å². The van der Waals surface area contributed by atoms with Gasteiger partial charge in [0.05, 0.1) is 23.8 Å². The van der Waals surface area contributed by atoms with Crippen molar-refractivity contribution in [3.8, 4) is 0 Å². The van der Waals surface area contributed by atoms with Crippen LogP contribution in [-0.4, -0.2) is 16.9 Å². The van der Waals surface area contributed by atoms with Crippen molar-refractivity contribution >= 4 is 17.5 Å². The molecule has 0 aliphatic rings. The van der Waals surface area contributed by atoms with E-state index < -0.39 is 12.0 Å². The van der Waals surface area contributed by atoms with Crippen molar-refractivity contribution in [2.45, 2.75) is 19.4 Å². The minimum Gasteiger partial charge on any atom is -0.388 e. The number of nitrogens with one attached hydrogen (secondary N) is 1. The van der Waals surface area contributed by atoms with Gasteiger partial charge in [0.25, 0.3) is 5.91 Å². The highest BCUT2D eigenvalue weighted by atomic mass is 16.3. The topological polar surface area (TPSA) is 92.4 Å². The smallest absolute Gasteiger partial charge is 0.251 e. The molecule has 114 valence electrons. The lowest BCUT2D eigenvalue weighted by molar-refractivity contribution is -0.118. The highest BCUT2D eigenvalue weighted by Gasteiger charge is 2.16. The van der Waals surface area contributed by atoms with Crippen molar-refractivity contribution < 1.29 is 14.7 Å². The Labute approximate surface area is 128 Å². The van der Waals surface area contributed by atoms with Crippen LogP contribution in [0.25, 0.3) is 0 Å². The molecule has 1 atom stereocenters. The van der Waals surface area contributed by atoms with Crippen LogP contribution in [0.15, 0.2) is 48.5 Å². The largest absolute Gasteiger partial charge is 0.388 e. The zero-order chi connectivity index (χ0) is 16.1. The average molecular weight is 298 g/mol. The average Bonchev–Trinajstić information content (AvgIpc) is 2.47. The maximum Gasteiger partial charge on any atom is 0.251 e. The lowest BCUT2D eigenvalue weighted by Crippen LogP contribution is -2.20. The Morgan fingerprint density at radius 2 is 1.82 bits per heavy atom. The summed E-state index contributed by atoms with van der Waals surface area (Å²) in [5.41, 5.74) is 7.34. The third-order valence-corrected chi connectivity index (χ3v) is 3.36. The van der Waals surface area contributed by atoms with Gasteiger partial charge < -0.3 is 16.2 Å². The maximum absolute atomic E-state index is 12.1. The normalized spacial score (nSPS) is 11.7. The Bertz CT molecular complexity index is 684. The van der Waals surface area contributed by atoms with Gasteiger partial charge in [-0.1, -0.05) is 42.5 Å². The number of aliphatic hydroxyl groups is 1. The number of primary amides is 1. The molecule has 22 heavy (non-hydrogen) atoms. The number of benzene rings is 2. The fourth-order valence-electron chi connectivity index (χ4n) is 2.27. The molecule has 5 heteroatoms. The number of amides is 2. The first-order chi connectivity index (χ1) is 10.5. The molecule has 2 rings (SSSR count). The number of anilines is 1. The predicted octanol–water partition coefficient (Wildman–Crippen LogP) is 2.16. The molecule has 2 amide bonds. The van der Waals surface area contributed by atoms with Crippen molar-refractivity contribution in [1.82, 2.24) is 0 Å². The molecule has 5 nitrogen and oxygen atoms in total. The van der Waals surface area contributed by atoms with Crippen LogP contribution in [0.3, 0.4) is 0 Å². The monoisotopic (exact) mass is 298 g/mol. The van der Waals surface area contributed by atoms with Gasteiger partial charge in [-0.25, -0.2) is 0 Å². The first-order valence-corrected chi connectivity index (χ1v) is 6.91. The zero-order valence-electron chi connectivity index (χ0n) is 12.2. The van der Waals surface area contributed by atoms with Crippen LogP contribution in [0.4, 0.5) is 5.69 Å². The summed E-state index contributed by atoms with van der Waals surface area (Å²) in [6, 6.07) is 14.0. The molecule has 2 aromatic carbocycles. The van der Waals surface area contributed by atoms with Crippen molar-refractivity contribution in [2.24, 2.45) is 5.73 Å². The molecular weight excluding hydrogens is 280 g/mol. The SMILES string of the molecule is Cc1cccc(NC(=O)CC(O)c2ccccc2)c1C(N)=O. The molecule has 2 aromatic rings. The number of rotatable bonds is 5. The van der Waals surface area contributed by atoms with E-state index in [1.807, 2.05) is 6.07 Å². The Morgan fingerprint density at radius 1 is 1.14 bits per heavy atom. The standard InChI is InChI=1S/C17H18N2O3/c1-11-6-5-9-13(16(11)17(18)22)19-15(21)10-14(20)12-7-3-2-4-8-12/h2-9,14,20H,10H2,1H3,(H2,18,22)(H,19,21). The summed E-state index contributed by atoms with van der Waals surface area (Å²) in [6.07, 6.45) is -1.00. The summed E-state index contributed by atoms with van der Waals surface area (Å²) in [7, 11) is 0. The molecule has 0 spiro atoms. The molecule has 1 unspecified atom stereocenters. The van der Waals surface area contributed by atoms with E-state index in [-0.39, 0.29) is 17.9 Å². The highest BCUT2D eigenvalue weighted by Crippen LogP contribution is 2.21. The fraction of sp³-hybridized carbons (Fsp3) is 0.176. The molecule has 0 saturated carbocycles. The second-order valence-corrected chi connectivity index (χ2v) is 5.04. The minimum atomic E-state index is -0.900. The Kier molecular flexibility index (Phi) is 4.91. The summed E-state index contributed by atoms with van der Waals surface area (Å²) >= 11 is 0. The number of aryl methyl sites for hydroxylation is 1. The van der Waals surface area contributed by atoms with E-state index >= 15 is 0 Å². The van der Waals surface area contributed by atoms with Gasteiger partial charge in [0, 0.05) is 0 Å². The van der Waals surface area contributed by atoms with Crippen LogP contribution in [-0.2, 0) is 4.79 Å². The first kappa shape index (κ1) is 15.7. The summed E-state index contributed by atoms with van der Waals surface area (Å²) in [6.45, 7) is 1.74. The Balaban J connectivity index is 2.10. The third kappa shape index (κ3) is 3.71. The Hall–Kier alpha value is -2.66. The third-order valence-electron chi connectivity index (χ3n) is 3.36. The fourth-order valence-corrected chi connectivity index (χ4v) is 2.27. The molecule has 0 aliphatic carbocycles. The zero-order valence-corrected chi connectivity index (χ0v) is 12.2. The summed E-state index contributed by atoms with van der Waals surface area (Å²) in [5.74, 6) is -0.985. The van der Waals surface area contributed by atoms with Crippen LogP contribution in [0, 0.1) is 6.92 Å². The molecule has 0 aromatic heterocycles. The van der Waals surface area contributed by atoms with E-state index in [9.17, 15) is 14.7 Å². The molecular formula is C17H18N2O3. The molecule has 0 radical (unpaired) electrons. The van der Waals surface area contributed by atoms with E-state index in [1.165, 1.54) is 0 Å². The number of nitrogens with two attached hydrogens (primary N) is 1. The molecule has 4 N–H and O–H groups in total. The van der Waals surface area contributed by atoms with Gasteiger partial charge in [-0.05, 0) is 24.1 Å². The van der Waals surface area contributed by atoms with E-state index in [0.29, 0.717) is 16.8 Å². The van der Waals surface area contributed by atoms with E-state index in [2.05, 4.69) is 5.32 Å². The van der Waals surface area contributed by atoms with Crippen molar-refractivity contribution in [3.63, 3.8) is 0 Å². The molecule has 0 aliphatic heterocycles. The lowest BCUT2D eigenvalue weighted by Gasteiger charge is -2.13. The molecule has 0 heterocycles. The number of aliphatic hydroxyl groups excluding tert-OH is 1. The maximum atomic E-state index is 12.1. The van der Waals surface area contributed by atoms with Crippen molar-refractivity contribution in [2.75, 3.05) is 5.32 Å².